The van der Waals surface area contributed by atoms with Crippen molar-refractivity contribution in [3.8, 4) is 0 Å². The van der Waals surface area contributed by atoms with Gasteiger partial charge in [0.05, 0.1) is 0 Å². The second-order valence-corrected chi connectivity index (χ2v) is 5.65. The van der Waals surface area contributed by atoms with E-state index in [1.165, 1.54) is 5.56 Å². The van der Waals surface area contributed by atoms with Crippen molar-refractivity contribution in [2.24, 2.45) is 5.92 Å². The Kier molecular flexibility index (Phi) is 5.53. The molecule has 110 valence electrons. The molecule has 0 aliphatic carbocycles. The molecular formula is C16H25N3O. The molecule has 1 unspecified atom stereocenters. The number of aromatic nitrogens is 1. The molecular weight excluding hydrogens is 250 g/mol. The molecule has 0 radical (unpaired) electrons. The highest BCUT2D eigenvalue weighted by molar-refractivity contribution is 5.78. The van der Waals surface area contributed by atoms with E-state index in [9.17, 15) is 4.79 Å². The summed E-state index contributed by atoms with van der Waals surface area (Å²) in [5.74, 6) is 0.498. The first-order valence-corrected chi connectivity index (χ1v) is 7.60. The summed E-state index contributed by atoms with van der Waals surface area (Å²) in [5.41, 5.74) is 1.24. The minimum absolute atomic E-state index is 0.171. The maximum absolute atomic E-state index is 12.3. The molecule has 4 heteroatoms. The molecule has 0 spiro atoms. The Bertz CT molecular complexity index is 413. The first kappa shape index (κ1) is 15.0. The Morgan fingerprint density at radius 2 is 2.10 bits per heavy atom. The summed E-state index contributed by atoms with van der Waals surface area (Å²) in [6.45, 7) is 8.74. The lowest BCUT2D eigenvalue weighted by Gasteiger charge is -2.36. The molecule has 4 nitrogen and oxygen atoms in total. The lowest BCUT2D eigenvalue weighted by Crippen LogP contribution is -2.49. The van der Waals surface area contributed by atoms with Crippen LogP contribution in [0, 0.1) is 5.92 Å². The number of amides is 1. The Morgan fingerprint density at radius 3 is 2.70 bits per heavy atom. The highest BCUT2D eigenvalue weighted by Gasteiger charge is 2.24. The van der Waals surface area contributed by atoms with Crippen LogP contribution in [-0.2, 0) is 11.3 Å². The summed E-state index contributed by atoms with van der Waals surface area (Å²) in [6.07, 6.45) is 5.79. The number of carbonyl (C=O) groups is 1. The van der Waals surface area contributed by atoms with E-state index in [0.717, 1.165) is 45.6 Å². The molecule has 20 heavy (non-hydrogen) atoms. The number of nitrogens with zero attached hydrogens (tertiary/aromatic N) is 3. The van der Waals surface area contributed by atoms with Crippen LogP contribution in [0.4, 0.5) is 0 Å². The molecule has 0 aromatic carbocycles. The third-order valence-electron chi connectivity index (χ3n) is 3.96. The van der Waals surface area contributed by atoms with Crippen LogP contribution in [0.3, 0.4) is 0 Å². The van der Waals surface area contributed by atoms with E-state index in [0.29, 0.717) is 5.91 Å². The highest BCUT2D eigenvalue weighted by Crippen LogP contribution is 2.13. The third-order valence-corrected chi connectivity index (χ3v) is 3.96. The van der Waals surface area contributed by atoms with Crippen molar-refractivity contribution in [3.05, 3.63) is 30.1 Å². The molecule has 1 atom stereocenters. The van der Waals surface area contributed by atoms with Gasteiger partial charge in [-0.05, 0) is 18.1 Å². The molecule has 1 aromatic rings. The summed E-state index contributed by atoms with van der Waals surface area (Å²) < 4.78 is 0. The van der Waals surface area contributed by atoms with Gasteiger partial charge in [0.2, 0.25) is 5.91 Å². The van der Waals surface area contributed by atoms with Crippen LogP contribution in [0.1, 0.15) is 32.3 Å². The van der Waals surface area contributed by atoms with Crippen LogP contribution >= 0.6 is 0 Å². The van der Waals surface area contributed by atoms with Gasteiger partial charge in [-0.15, -0.1) is 0 Å². The lowest BCUT2D eigenvalue weighted by atomic mass is 10.0. The zero-order valence-electron chi connectivity index (χ0n) is 12.6. The van der Waals surface area contributed by atoms with E-state index in [4.69, 9.17) is 0 Å². The molecule has 2 rings (SSSR count). The highest BCUT2D eigenvalue weighted by atomic mass is 16.2. The van der Waals surface area contributed by atoms with Crippen LogP contribution in [0.15, 0.2) is 24.5 Å². The van der Waals surface area contributed by atoms with Gasteiger partial charge >= 0.3 is 0 Å². The van der Waals surface area contributed by atoms with Crippen molar-refractivity contribution in [1.82, 2.24) is 14.8 Å². The standard InChI is InChI=1S/C16H25N3O/c1-3-5-14(2)16(20)19-10-8-18(9-11-19)13-15-6-4-7-17-12-15/h4,6-7,12,14H,3,5,8-11,13H2,1-2H3. The van der Waals surface area contributed by atoms with E-state index < -0.39 is 0 Å². The van der Waals surface area contributed by atoms with Crippen LogP contribution in [0.25, 0.3) is 0 Å². The second-order valence-electron chi connectivity index (χ2n) is 5.65. The average Bonchev–Trinajstić information content (AvgIpc) is 2.48. The SMILES string of the molecule is CCCC(C)C(=O)N1CCN(Cc2cccnc2)CC1. The molecule has 0 N–H and O–H groups in total. The number of carbonyl (C=O) groups excluding carboxylic acids is 1. The Morgan fingerprint density at radius 1 is 1.35 bits per heavy atom. The summed E-state index contributed by atoms with van der Waals surface area (Å²) in [4.78, 5) is 20.8. The molecule has 1 aromatic heterocycles. The van der Waals surface area contributed by atoms with Crippen LogP contribution in [0.5, 0.6) is 0 Å². The van der Waals surface area contributed by atoms with Gasteiger partial charge in [0, 0.05) is 51.0 Å². The van der Waals surface area contributed by atoms with Crippen LogP contribution < -0.4 is 0 Å². The molecule has 2 heterocycles. The Labute approximate surface area is 121 Å². The zero-order chi connectivity index (χ0) is 14.4. The average molecular weight is 275 g/mol. The van der Waals surface area contributed by atoms with Crippen LogP contribution in [0.2, 0.25) is 0 Å². The summed E-state index contributed by atoms with van der Waals surface area (Å²) >= 11 is 0. The maximum atomic E-state index is 12.3. The fourth-order valence-corrected chi connectivity index (χ4v) is 2.74. The quantitative estimate of drug-likeness (QED) is 0.826. The van der Waals surface area contributed by atoms with Gasteiger partial charge in [-0.1, -0.05) is 26.3 Å². The van der Waals surface area contributed by atoms with E-state index in [1.54, 1.807) is 6.20 Å². The van der Waals surface area contributed by atoms with E-state index in [-0.39, 0.29) is 5.92 Å². The first-order chi connectivity index (χ1) is 9.70. The van der Waals surface area contributed by atoms with E-state index >= 15 is 0 Å². The van der Waals surface area contributed by atoms with Gasteiger partial charge in [0.1, 0.15) is 0 Å². The monoisotopic (exact) mass is 275 g/mol. The molecule has 1 aliphatic rings. The van der Waals surface area contributed by atoms with Gasteiger partial charge in [0.15, 0.2) is 0 Å². The van der Waals surface area contributed by atoms with Crippen molar-refractivity contribution in [1.29, 1.82) is 0 Å². The topological polar surface area (TPSA) is 36.4 Å². The molecule has 1 fully saturated rings. The van der Waals surface area contributed by atoms with Gasteiger partial charge in [-0.3, -0.25) is 14.7 Å². The number of pyridine rings is 1. The zero-order valence-corrected chi connectivity index (χ0v) is 12.6. The van der Waals surface area contributed by atoms with Gasteiger partial charge in [-0.2, -0.15) is 0 Å². The van der Waals surface area contributed by atoms with Gasteiger partial charge in [0.25, 0.3) is 0 Å². The second kappa shape index (κ2) is 7.39. The molecule has 0 bridgehead atoms. The smallest absolute Gasteiger partial charge is 0.225 e. The number of rotatable bonds is 5. The summed E-state index contributed by atoms with van der Waals surface area (Å²) in [5, 5.41) is 0. The number of hydrogen-bond acceptors (Lipinski definition) is 3. The van der Waals surface area contributed by atoms with Gasteiger partial charge < -0.3 is 4.90 Å². The van der Waals surface area contributed by atoms with Gasteiger partial charge in [-0.25, -0.2) is 0 Å². The fourth-order valence-electron chi connectivity index (χ4n) is 2.74. The third kappa shape index (κ3) is 4.04. The molecule has 1 aliphatic heterocycles. The maximum Gasteiger partial charge on any atom is 0.225 e. The Hall–Kier alpha value is -1.42. The minimum Gasteiger partial charge on any atom is -0.340 e. The Balaban J connectivity index is 1.79. The molecule has 1 amide bonds. The number of piperazine rings is 1. The van der Waals surface area contributed by atoms with Crippen molar-refractivity contribution in [2.45, 2.75) is 33.2 Å². The lowest BCUT2D eigenvalue weighted by molar-refractivity contribution is -0.137. The van der Waals surface area contributed by atoms with E-state index in [1.807, 2.05) is 24.1 Å². The number of hydrogen-bond donors (Lipinski definition) is 0. The van der Waals surface area contributed by atoms with Crippen molar-refractivity contribution < 1.29 is 4.79 Å². The normalized spacial score (nSPS) is 18.0. The van der Waals surface area contributed by atoms with Crippen LogP contribution in [-0.4, -0.2) is 46.9 Å². The van der Waals surface area contributed by atoms with E-state index in [2.05, 4.69) is 22.9 Å². The van der Waals surface area contributed by atoms with Crippen molar-refractivity contribution >= 4 is 5.91 Å². The fraction of sp³-hybridized carbons (Fsp3) is 0.625. The largest absolute Gasteiger partial charge is 0.340 e. The summed E-state index contributed by atoms with van der Waals surface area (Å²) in [6, 6.07) is 4.08. The first-order valence-electron chi connectivity index (χ1n) is 7.60. The molecule has 0 saturated carbocycles. The molecule has 1 saturated heterocycles. The minimum atomic E-state index is 0.171. The van der Waals surface area contributed by atoms with Crippen molar-refractivity contribution in [3.63, 3.8) is 0 Å². The predicted molar refractivity (Wildman–Crippen MR) is 80.2 cm³/mol. The summed E-state index contributed by atoms with van der Waals surface area (Å²) in [7, 11) is 0. The van der Waals surface area contributed by atoms with Crippen molar-refractivity contribution in [2.75, 3.05) is 26.2 Å². The predicted octanol–water partition coefficient (Wildman–Crippen LogP) is 2.16.